The van der Waals surface area contributed by atoms with E-state index in [0.717, 1.165) is 16.9 Å². The Bertz CT molecular complexity index is 783. The first kappa shape index (κ1) is 15.5. The number of phenolic OH excluding ortho intramolecular Hbond substituents is 2. The first-order valence-corrected chi connectivity index (χ1v) is 8.38. The number of hydrogen-bond donors (Lipinski definition) is 2. The molecule has 0 saturated carbocycles. The lowest BCUT2D eigenvalue weighted by molar-refractivity contribution is 0.461. The number of nitrogens with zero attached hydrogens (tertiary/aromatic N) is 1. The SMILES string of the molecule is CCSC(c1ncc(-c2ccc(O)cc2)o1)c1ccccc1O. The monoisotopic (exact) mass is 327 g/mol. The standard InChI is InChI=1S/C18H17NO3S/c1-2-23-17(14-5-3-4-6-15(14)21)18-19-11-16(22-18)12-7-9-13(20)10-8-12/h3-11,17,20-21H,2H2,1H3. The van der Waals surface area contributed by atoms with Gasteiger partial charge in [0.1, 0.15) is 16.7 Å². The third-order valence-electron chi connectivity index (χ3n) is 3.45. The zero-order chi connectivity index (χ0) is 16.2. The van der Waals surface area contributed by atoms with Crippen molar-refractivity contribution < 1.29 is 14.6 Å². The third kappa shape index (κ3) is 3.35. The van der Waals surface area contributed by atoms with Gasteiger partial charge in [0.25, 0.3) is 0 Å². The summed E-state index contributed by atoms with van der Waals surface area (Å²) < 4.78 is 5.91. The molecule has 3 aromatic rings. The Morgan fingerprint density at radius 1 is 1.09 bits per heavy atom. The summed E-state index contributed by atoms with van der Waals surface area (Å²) in [4.78, 5) is 4.39. The van der Waals surface area contributed by atoms with Crippen molar-refractivity contribution in [3.63, 3.8) is 0 Å². The highest BCUT2D eigenvalue weighted by Crippen LogP contribution is 2.40. The number of rotatable bonds is 5. The van der Waals surface area contributed by atoms with E-state index in [4.69, 9.17) is 4.42 Å². The van der Waals surface area contributed by atoms with E-state index in [9.17, 15) is 10.2 Å². The summed E-state index contributed by atoms with van der Waals surface area (Å²) in [7, 11) is 0. The van der Waals surface area contributed by atoms with Crippen LogP contribution in [0.3, 0.4) is 0 Å². The number of aromatic nitrogens is 1. The van der Waals surface area contributed by atoms with E-state index >= 15 is 0 Å². The van der Waals surface area contributed by atoms with E-state index in [0.29, 0.717) is 11.7 Å². The Morgan fingerprint density at radius 3 is 2.52 bits per heavy atom. The first-order chi connectivity index (χ1) is 11.2. The van der Waals surface area contributed by atoms with Gasteiger partial charge in [0.05, 0.1) is 6.20 Å². The maximum absolute atomic E-state index is 10.1. The minimum Gasteiger partial charge on any atom is -0.508 e. The lowest BCUT2D eigenvalue weighted by atomic mass is 10.1. The maximum atomic E-state index is 10.1. The average molecular weight is 327 g/mol. The molecule has 0 saturated heterocycles. The molecule has 1 heterocycles. The van der Waals surface area contributed by atoms with Crippen molar-refractivity contribution in [1.29, 1.82) is 0 Å². The van der Waals surface area contributed by atoms with E-state index in [1.165, 1.54) is 0 Å². The van der Waals surface area contributed by atoms with E-state index in [1.54, 1.807) is 54.4 Å². The van der Waals surface area contributed by atoms with Crippen molar-refractivity contribution in [2.45, 2.75) is 12.2 Å². The largest absolute Gasteiger partial charge is 0.508 e. The number of para-hydroxylation sites is 1. The maximum Gasteiger partial charge on any atom is 0.212 e. The van der Waals surface area contributed by atoms with E-state index in [-0.39, 0.29) is 16.7 Å². The Labute approximate surface area is 138 Å². The molecule has 0 radical (unpaired) electrons. The fraction of sp³-hybridized carbons (Fsp3) is 0.167. The highest BCUT2D eigenvalue weighted by atomic mass is 32.2. The van der Waals surface area contributed by atoms with Gasteiger partial charge in [-0.2, -0.15) is 0 Å². The Kier molecular flexibility index (Phi) is 4.57. The van der Waals surface area contributed by atoms with Gasteiger partial charge in [-0.05, 0) is 36.1 Å². The topological polar surface area (TPSA) is 66.5 Å². The van der Waals surface area contributed by atoms with E-state index in [1.807, 2.05) is 12.1 Å². The van der Waals surface area contributed by atoms with Gasteiger partial charge in [0, 0.05) is 11.1 Å². The molecule has 1 aromatic heterocycles. The van der Waals surface area contributed by atoms with Crippen LogP contribution in [0.5, 0.6) is 11.5 Å². The minimum atomic E-state index is -0.160. The molecule has 0 aliphatic carbocycles. The summed E-state index contributed by atoms with van der Waals surface area (Å²) in [6.07, 6.45) is 1.67. The molecule has 2 aromatic carbocycles. The fourth-order valence-corrected chi connectivity index (χ4v) is 3.30. The molecule has 0 aliphatic heterocycles. The fourth-order valence-electron chi connectivity index (χ4n) is 2.34. The van der Waals surface area contributed by atoms with Crippen LogP contribution in [0.15, 0.2) is 59.1 Å². The van der Waals surface area contributed by atoms with Gasteiger partial charge >= 0.3 is 0 Å². The van der Waals surface area contributed by atoms with Crippen LogP contribution in [0.25, 0.3) is 11.3 Å². The van der Waals surface area contributed by atoms with Crippen LogP contribution in [0.4, 0.5) is 0 Å². The molecule has 118 valence electrons. The van der Waals surface area contributed by atoms with Crippen molar-refractivity contribution in [3.05, 3.63) is 66.2 Å². The van der Waals surface area contributed by atoms with Crippen LogP contribution in [0, 0.1) is 0 Å². The molecule has 5 heteroatoms. The smallest absolute Gasteiger partial charge is 0.212 e. The second-order valence-electron chi connectivity index (χ2n) is 5.00. The molecule has 3 rings (SSSR count). The summed E-state index contributed by atoms with van der Waals surface area (Å²) in [6, 6.07) is 14.0. The molecule has 1 unspecified atom stereocenters. The molecule has 0 bridgehead atoms. The molecule has 0 amide bonds. The van der Waals surface area contributed by atoms with Gasteiger partial charge in [-0.1, -0.05) is 25.1 Å². The zero-order valence-corrected chi connectivity index (χ0v) is 13.5. The van der Waals surface area contributed by atoms with Crippen molar-refractivity contribution in [2.75, 3.05) is 5.75 Å². The lowest BCUT2D eigenvalue weighted by Gasteiger charge is -2.14. The molecular formula is C18H17NO3S. The number of oxazole rings is 1. The van der Waals surface area contributed by atoms with Crippen LogP contribution < -0.4 is 0 Å². The summed E-state index contributed by atoms with van der Waals surface area (Å²) in [6.45, 7) is 2.06. The second-order valence-corrected chi connectivity index (χ2v) is 6.39. The normalized spacial score (nSPS) is 12.2. The van der Waals surface area contributed by atoms with Gasteiger partial charge in [0.15, 0.2) is 5.76 Å². The molecule has 4 nitrogen and oxygen atoms in total. The predicted molar refractivity (Wildman–Crippen MR) is 91.7 cm³/mol. The van der Waals surface area contributed by atoms with Crippen molar-refractivity contribution in [2.24, 2.45) is 0 Å². The van der Waals surface area contributed by atoms with Crippen molar-refractivity contribution in [3.8, 4) is 22.8 Å². The quantitative estimate of drug-likeness (QED) is 0.717. The molecular weight excluding hydrogens is 310 g/mol. The highest BCUT2D eigenvalue weighted by molar-refractivity contribution is 7.99. The molecule has 0 spiro atoms. The van der Waals surface area contributed by atoms with Crippen molar-refractivity contribution in [1.82, 2.24) is 4.98 Å². The molecule has 0 fully saturated rings. The first-order valence-electron chi connectivity index (χ1n) is 7.33. The predicted octanol–water partition coefficient (Wildman–Crippen LogP) is 4.60. The van der Waals surface area contributed by atoms with Gasteiger partial charge in [-0.25, -0.2) is 4.98 Å². The molecule has 0 aliphatic rings. The number of thioether (sulfide) groups is 1. The van der Waals surface area contributed by atoms with Crippen LogP contribution in [-0.2, 0) is 0 Å². The zero-order valence-electron chi connectivity index (χ0n) is 12.6. The highest BCUT2D eigenvalue weighted by Gasteiger charge is 2.22. The third-order valence-corrected chi connectivity index (χ3v) is 4.57. The van der Waals surface area contributed by atoms with Gasteiger partial charge < -0.3 is 14.6 Å². The number of hydrogen-bond acceptors (Lipinski definition) is 5. The van der Waals surface area contributed by atoms with Gasteiger partial charge in [-0.3, -0.25) is 0 Å². The van der Waals surface area contributed by atoms with Crippen molar-refractivity contribution >= 4 is 11.8 Å². The summed E-state index contributed by atoms with van der Waals surface area (Å²) in [5.74, 6) is 2.51. The van der Waals surface area contributed by atoms with Gasteiger partial charge in [-0.15, -0.1) is 11.8 Å². The average Bonchev–Trinajstić information content (AvgIpc) is 3.04. The van der Waals surface area contributed by atoms with Gasteiger partial charge in [0.2, 0.25) is 5.89 Å². The number of benzene rings is 2. The Balaban J connectivity index is 1.95. The Hall–Kier alpha value is -2.40. The molecule has 23 heavy (non-hydrogen) atoms. The van der Waals surface area contributed by atoms with Crippen LogP contribution in [0.1, 0.15) is 23.6 Å². The number of aromatic hydroxyl groups is 2. The van der Waals surface area contributed by atoms with Crippen LogP contribution in [0.2, 0.25) is 0 Å². The summed E-state index contributed by atoms with van der Waals surface area (Å²) >= 11 is 1.65. The molecule has 2 N–H and O–H groups in total. The molecule has 1 atom stereocenters. The van der Waals surface area contributed by atoms with Crippen LogP contribution in [-0.4, -0.2) is 20.9 Å². The summed E-state index contributed by atoms with van der Waals surface area (Å²) in [5.41, 5.74) is 1.64. The Morgan fingerprint density at radius 2 is 1.83 bits per heavy atom. The second kappa shape index (κ2) is 6.79. The lowest BCUT2D eigenvalue weighted by Crippen LogP contribution is -1.98. The summed E-state index contributed by atoms with van der Waals surface area (Å²) in [5, 5.41) is 19.3. The number of phenols is 2. The van der Waals surface area contributed by atoms with E-state index in [2.05, 4.69) is 11.9 Å². The van der Waals surface area contributed by atoms with E-state index < -0.39 is 0 Å². The minimum absolute atomic E-state index is 0.160. The van der Waals surface area contributed by atoms with Crippen LogP contribution >= 0.6 is 11.8 Å².